The van der Waals surface area contributed by atoms with E-state index in [-0.39, 0.29) is 0 Å². The minimum Gasteiger partial charge on any atom is -0.419 e. The zero-order valence-corrected chi connectivity index (χ0v) is 12.0. The number of ether oxygens (including phenoxy) is 1. The monoisotopic (exact) mass is 275 g/mol. The molecule has 0 aliphatic heterocycles. The van der Waals surface area contributed by atoms with Crippen LogP contribution in [0, 0.1) is 0 Å². The van der Waals surface area contributed by atoms with Gasteiger partial charge in [0.1, 0.15) is 0 Å². The Bertz CT molecular complexity index is 497. The zero-order chi connectivity index (χ0) is 14.2. The molecule has 5 nitrogen and oxygen atoms in total. The van der Waals surface area contributed by atoms with Crippen LogP contribution in [0.4, 0.5) is 0 Å². The average molecular weight is 275 g/mol. The van der Waals surface area contributed by atoms with Crippen molar-refractivity contribution in [1.29, 1.82) is 0 Å². The van der Waals surface area contributed by atoms with Gasteiger partial charge in [-0.1, -0.05) is 18.2 Å². The third-order valence-corrected chi connectivity index (χ3v) is 2.71. The zero-order valence-electron chi connectivity index (χ0n) is 12.0. The van der Waals surface area contributed by atoms with Crippen molar-refractivity contribution >= 4 is 0 Å². The standard InChI is InChI=1S/C15H21N3O2/c1-12(2)19-10-6-9-16-11-14-17-18-15(20-14)13-7-4-3-5-8-13/h3-5,7-8,12,16H,6,9-11H2,1-2H3. The summed E-state index contributed by atoms with van der Waals surface area (Å²) >= 11 is 0. The molecule has 0 aliphatic carbocycles. The van der Waals surface area contributed by atoms with Gasteiger partial charge in [-0.2, -0.15) is 0 Å². The number of aromatic nitrogens is 2. The highest BCUT2D eigenvalue weighted by molar-refractivity contribution is 5.51. The first-order chi connectivity index (χ1) is 9.75. The van der Waals surface area contributed by atoms with Crippen molar-refractivity contribution in [2.45, 2.75) is 32.9 Å². The lowest BCUT2D eigenvalue weighted by Crippen LogP contribution is -2.17. The van der Waals surface area contributed by atoms with E-state index in [0.717, 1.165) is 25.1 Å². The number of rotatable bonds is 8. The molecule has 1 N–H and O–H groups in total. The smallest absolute Gasteiger partial charge is 0.247 e. The Balaban J connectivity index is 1.71. The summed E-state index contributed by atoms with van der Waals surface area (Å²) in [6, 6.07) is 9.77. The molecule has 0 radical (unpaired) electrons. The van der Waals surface area contributed by atoms with Crippen LogP contribution < -0.4 is 5.32 Å². The molecule has 0 atom stereocenters. The second-order valence-electron chi connectivity index (χ2n) is 4.82. The molecule has 20 heavy (non-hydrogen) atoms. The molecule has 0 saturated carbocycles. The quantitative estimate of drug-likeness (QED) is 0.750. The minimum atomic E-state index is 0.291. The molecule has 0 amide bonds. The van der Waals surface area contributed by atoms with Crippen LogP contribution in [0.2, 0.25) is 0 Å². The molecule has 2 rings (SSSR count). The maximum Gasteiger partial charge on any atom is 0.247 e. The molecular formula is C15H21N3O2. The fourth-order valence-corrected chi connectivity index (χ4v) is 1.73. The SMILES string of the molecule is CC(C)OCCCNCc1nnc(-c2ccccc2)o1. The molecule has 0 spiro atoms. The van der Waals surface area contributed by atoms with Gasteiger partial charge in [-0.3, -0.25) is 0 Å². The summed E-state index contributed by atoms with van der Waals surface area (Å²) in [6.45, 7) is 6.30. The van der Waals surface area contributed by atoms with Gasteiger partial charge in [0, 0.05) is 12.2 Å². The number of hydrogen-bond acceptors (Lipinski definition) is 5. The lowest BCUT2D eigenvalue weighted by atomic mass is 10.2. The highest BCUT2D eigenvalue weighted by atomic mass is 16.5. The third-order valence-electron chi connectivity index (χ3n) is 2.71. The summed E-state index contributed by atoms with van der Waals surface area (Å²) in [5.41, 5.74) is 0.941. The first kappa shape index (κ1) is 14.7. The van der Waals surface area contributed by atoms with Gasteiger partial charge in [-0.05, 0) is 38.9 Å². The van der Waals surface area contributed by atoms with Crippen LogP contribution in [0.1, 0.15) is 26.2 Å². The molecule has 1 aromatic carbocycles. The van der Waals surface area contributed by atoms with Crippen LogP contribution in [-0.2, 0) is 11.3 Å². The maximum atomic E-state index is 5.60. The largest absolute Gasteiger partial charge is 0.419 e. The van der Waals surface area contributed by atoms with Crippen LogP contribution in [0.3, 0.4) is 0 Å². The Morgan fingerprint density at radius 3 is 2.75 bits per heavy atom. The molecule has 0 aliphatic rings. The summed E-state index contributed by atoms with van der Waals surface area (Å²) in [6.07, 6.45) is 1.26. The third kappa shape index (κ3) is 4.75. The lowest BCUT2D eigenvalue weighted by molar-refractivity contribution is 0.0769. The molecule has 5 heteroatoms. The minimum absolute atomic E-state index is 0.291. The molecule has 0 fully saturated rings. The summed E-state index contributed by atoms with van der Waals surface area (Å²) in [4.78, 5) is 0. The average Bonchev–Trinajstić information content (AvgIpc) is 2.92. The maximum absolute atomic E-state index is 5.60. The molecule has 0 bridgehead atoms. The number of nitrogens with one attached hydrogen (secondary N) is 1. The Hall–Kier alpha value is -1.72. The van der Waals surface area contributed by atoms with Crippen molar-refractivity contribution in [2.75, 3.05) is 13.2 Å². The molecule has 2 aromatic rings. The first-order valence-electron chi connectivity index (χ1n) is 6.96. The van der Waals surface area contributed by atoms with Crippen molar-refractivity contribution in [1.82, 2.24) is 15.5 Å². The van der Waals surface area contributed by atoms with Crippen LogP contribution in [0.25, 0.3) is 11.5 Å². The van der Waals surface area contributed by atoms with Gasteiger partial charge in [-0.25, -0.2) is 0 Å². The van der Waals surface area contributed by atoms with E-state index >= 15 is 0 Å². The van der Waals surface area contributed by atoms with Crippen molar-refractivity contribution in [3.63, 3.8) is 0 Å². The van der Waals surface area contributed by atoms with Crippen LogP contribution in [0.15, 0.2) is 34.7 Å². The van der Waals surface area contributed by atoms with Gasteiger partial charge in [-0.15, -0.1) is 10.2 Å². The molecule has 108 valence electrons. The van der Waals surface area contributed by atoms with E-state index in [9.17, 15) is 0 Å². The van der Waals surface area contributed by atoms with E-state index in [0.29, 0.717) is 24.4 Å². The van der Waals surface area contributed by atoms with E-state index < -0.39 is 0 Å². The molecular weight excluding hydrogens is 254 g/mol. The van der Waals surface area contributed by atoms with Crippen molar-refractivity contribution in [3.05, 3.63) is 36.2 Å². The normalized spacial score (nSPS) is 11.2. The van der Waals surface area contributed by atoms with Crippen molar-refractivity contribution in [3.8, 4) is 11.5 Å². The van der Waals surface area contributed by atoms with E-state index in [1.54, 1.807) is 0 Å². The number of nitrogens with zero attached hydrogens (tertiary/aromatic N) is 2. The van der Waals surface area contributed by atoms with Crippen LogP contribution in [-0.4, -0.2) is 29.5 Å². The molecule has 1 heterocycles. The van der Waals surface area contributed by atoms with E-state index in [1.165, 1.54) is 0 Å². The Morgan fingerprint density at radius 1 is 1.20 bits per heavy atom. The number of benzene rings is 1. The van der Waals surface area contributed by atoms with Gasteiger partial charge < -0.3 is 14.5 Å². The lowest BCUT2D eigenvalue weighted by Gasteiger charge is -2.06. The Kier molecular flexibility index (Phi) is 5.70. The van der Waals surface area contributed by atoms with Crippen molar-refractivity contribution in [2.24, 2.45) is 0 Å². The summed E-state index contributed by atoms with van der Waals surface area (Å²) in [5, 5.41) is 11.3. The van der Waals surface area contributed by atoms with E-state index in [4.69, 9.17) is 9.15 Å². The van der Waals surface area contributed by atoms with Gasteiger partial charge in [0.15, 0.2) is 0 Å². The second kappa shape index (κ2) is 7.77. The van der Waals surface area contributed by atoms with Gasteiger partial charge in [0.2, 0.25) is 11.8 Å². The van der Waals surface area contributed by atoms with Crippen LogP contribution >= 0.6 is 0 Å². The first-order valence-corrected chi connectivity index (χ1v) is 6.96. The Morgan fingerprint density at radius 2 is 2.00 bits per heavy atom. The Labute approximate surface area is 119 Å². The van der Waals surface area contributed by atoms with Gasteiger partial charge >= 0.3 is 0 Å². The molecule has 0 unspecified atom stereocenters. The second-order valence-corrected chi connectivity index (χ2v) is 4.82. The predicted octanol–water partition coefficient (Wildman–Crippen LogP) is 2.64. The summed E-state index contributed by atoms with van der Waals surface area (Å²) in [7, 11) is 0. The van der Waals surface area contributed by atoms with Gasteiger partial charge in [0.25, 0.3) is 0 Å². The van der Waals surface area contributed by atoms with E-state index in [2.05, 4.69) is 15.5 Å². The predicted molar refractivity (Wildman–Crippen MR) is 77.1 cm³/mol. The summed E-state index contributed by atoms with van der Waals surface area (Å²) in [5.74, 6) is 1.17. The topological polar surface area (TPSA) is 60.2 Å². The fraction of sp³-hybridized carbons (Fsp3) is 0.467. The highest BCUT2D eigenvalue weighted by Gasteiger charge is 2.07. The van der Waals surface area contributed by atoms with Crippen molar-refractivity contribution < 1.29 is 9.15 Å². The molecule has 1 aromatic heterocycles. The van der Waals surface area contributed by atoms with Crippen LogP contribution in [0.5, 0.6) is 0 Å². The fourth-order valence-electron chi connectivity index (χ4n) is 1.73. The molecule has 0 saturated heterocycles. The number of hydrogen-bond donors (Lipinski definition) is 1. The summed E-state index contributed by atoms with van der Waals surface area (Å²) < 4.78 is 11.1. The highest BCUT2D eigenvalue weighted by Crippen LogP contribution is 2.16. The van der Waals surface area contributed by atoms with Gasteiger partial charge in [0.05, 0.1) is 12.6 Å². The van der Waals surface area contributed by atoms with E-state index in [1.807, 2.05) is 44.2 Å².